The number of carbonyl (C=O) groups is 1. The van der Waals surface area contributed by atoms with Gasteiger partial charge < -0.3 is 14.8 Å². The maximum atomic E-state index is 12.5. The average molecular weight is 302 g/mol. The molecule has 5 heteroatoms. The molecule has 2 aromatic rings. The molecule has 0 aliphatic rings. The second-order valence-corrected chi connectivity index (χ2v) is 5.19. The van der Waals surface area contributed by atoms with Crippen molar-refractivity contribution >= 4 is 22.5 Å². The van der Waals surface area contributed by atoms with E-state index in [0.717, 1.165) is 10.9 Å². The highest BCUT2D eigenvalue weighted by Crippen LogP contribution is 2.30. The molecule has 0 aliphatic carbocycles. The molecule has 0 saturated heterocycles. The highest BCUT2D eigenvalue weighted by Gasteiger charge is 2.31. The smallest absolute Gasteiger partial charge is 0.256 e. The number of pyridine rings is 1. The lowest BCUT2D eigenvalue weighted by Gasteiger charge is -2.25. The van der Waals surface area contributed by atoms with Gasteiger partial charge in [-0.1, -0.05) is 6.92 Å². The Hall–Kier alpha value is -2.14. The lowest BCUT2D eigenvalue weighted by molar-refractivity contribution is -0.136. The van der Waals surface area contributed by atoms with Crippen LogP contribution in [-0.2, 0) is 9.53 Å². The molecule has 1 aromatic heterocycles. The van der Waals surface area contributed by atoms with Crippen LogP contribution < -0.4 is 10.1 Å². The van der Waals surface area contributed by atoms with Crippen LogP contribution in [0.25, 0.3) is 10.9 Å². The van der Waals surface area contributed by atoms with E-state index in [1.54, 1.807) is 20.2 Å². The van der Waals surface area contributed by atoms with Crippen molar-refractivity contribution in [3.8, 4) is 5.75 Å². The number of aromatic nitrogens is 1. The van der Waals surface area contributed by atoms with Crippen LogP contribution in [0.5, 0.6) is 5.75 Å². The molecule has 0 aliphatic heterocycles. The van der Waals surface area contributed by atoms with Gasteiger partial charge in [-0.15, -0.1) is 0 Å². The standard InChI is InChI=1S/C17H22N2O3/c1-5-17(3,21-4)16(20)19-13-9-10-14(22-6-2)15-12(13)8-7-11-18-15/h7-11H,5-6H2,1-4H3,(H,19,20)/t17-/m1/s1. The number of anilines is 1. The number of amides is 1. The second kappa shape index (κ2) is 6.75. The first-order valence-electron chi connectivity index (χ1n) is 7.42. The number of hydrogen-bond donors (Lipinski definition) is 1. The third-order valence-corrected chi connectivity index (χ3v) is 3.89. The van der Waals surface area contributed by atoms with Crippen molar-refractivity contribution in [2.24, 2.45) is 0 Å². The molecule has 5 nitrogen and oxygen atoms in total. The molecule has 0 fully saturated rings. The number of carbonyl (C=O) groups excluding carboxylic acids is 1. The third kappa shape index (κ3) is 3.04. The van der Waals surface area contributed by atoms with Gasteiger partial charge in [0.25, 0.3) is 5.91 Å². The number of ether oxygens (including phenoxy) is 2. The Balaban J connectivity index is 2.41. The topological polar surface area (TPSA) is 60.5 Å². The van der Waals surface area contributed by atoms with Crippen LogP contribution in [0.15, 0.2) is 30.5 Å². The zero-order valence-electron chi connectivity index (χ0n) is 13.5. The number of hydrogen-bond acceptors (Lipinski definition) is 4. The molecular weight excluding hydrogens is 280 g/mol. The molecule has 0 spiro atoms. The van der Waals surface area contributed by atoms with Gasteiger partial charge in [-0.25, -0.2) is 0 Å². The fourth-order valence-corrected chi connectivity index (χ4v) is 2.18. The first kappa shape index (κ1) is 16.2. The van der Waals surface area contributed by atoms with Crippen molar-refractivity contribution in [2.45, 2.75) is 32.8 Å². The molecule has 1 aromatic carbocycles. The first-order valence-corrected chi connectivity index (χ1v) is 7.42. The van der Waals surface area contributed by atoms with Crippen LogP contribution in [0.2, 0.25) is 0 Å². The van der Waals surface area contributed by atoms with Gasteiger partial charge in [0.05, 0.1) is 12.3 Å². The second-order valence-electron chi connectivity index (χ2n) is 5.19. The zero-order chi connectivity index (χ0) is 16.2. The Bertz CT molecular complexity index is 666. The van der Waals surface area contributed by atoms with Crippen LogP contribution in [0.4, 0.5) is 5.69 Å². The number of fused-ring (bicyclic) bond motifs is 1. The van der Waals surface area contributed by atoms with Crippen LogP contribution in [0.1, 0.15) is 27.2 Å². The van der Waals surface area contributed by atoms with E-state index in [4.69, 9.17) is 9.47 Å². The van der Waals surface area contributed by atoms with Crippen molar-refractivity contribution in [1.29, 1.82) is 0 Å². The van der Waals surface area contributed by atoms with E-state index in [2.05, 4.69) is 10.3 Å². The number of nitrogens with one attached hydrogen (secondary N) is 1. The molecule has 0 saturated carbocycles. The minimum Gasteiger partial charge on any atom is -0.492 e. The van der Waals surface area contributed by atoms with E-state index in [1.165, 1.54) is 0 Å². The molecule has 0 radical (unpaired) electrons. The van der Waals surface area contributed by atoms with Gasteiger partial charge in [-0.05, 0) is 44.5 Å². The van der Waals surface area contributed by atoms with Crippen molar-refractivity contribution in [3.05, 3.63) is 30.5 Å². The van der Waals surface area contributed by atoms with E-state index in [9.17, 15) is 4.79 Å². The SMILES string of the molecule is CCOc1ccc(NC(=O)[C@@](C)(CC)OC)c2cccnc12. The lowest BCUT2D eigenvalue weighted by Crippen LogP contribution is -2.41. The Morgan fingerprint density at radius 3 is 2.73 bits per heavy atom. The van der Waals surface area contributed by atoms with Gasteiger partial charge in [-0.3, -0.25) is 9.78 Å². The fourth-order valence-electron chi connectivity index (χ4n) is 2.18. The van der Waals surface area contributed by atoms with Gasteiger partial charge in [0.15, 0.2) is 0 Å². The van der Waals surface area contributed by atoms with Gasteiger partial charge in [0.2, 0.25) is 0 Å². The van der Waals surface area contributed by atoms with E-state index in [0.29, 0.717) is 24.5 Å². The predicted molar refractivity (Wildman–Crippen MR) is 87.2 cm³/mol. The maximum absolute atomic E-state index is 12.5. The molecule has 1 N–H and O–H groups in total. The summed E-state index contributed by atoms with van der Waals surface area (Å²) in [7, 11) is 1.54. The van der Waals surface area contributed by atoms with E-state index in [1.807, 2.05) is 38.1 Å². The number of methoxy groups -OCH3 is 1. The summed E-state index contributed by atoms with van der Waals surface area (Å²) in [5.74, 6) is 0.535. The minimum atomic E-state index is -0.854. The Kier molecular flexibility index (Phi) is 4.98. The number of rotatable bonds is 6. The number of benzene rings is 1. The van der Waals surface area contributed by atoms with Crippen LogP contribution in [-0.4, -0.2) is 30.2 Å². The van der Waals surface area contributed by atoms with Gasteiger partial charge in [0.1, 0.15) is 16.9 Å². The predicted octanol–water partition coefficient (Wildman–Crippen LogP) is 3.39. The van der Waals surface area contributed by atoms with E-state index < -0.39 is 5.60 Å². The third-order valence-electron chi connectivity index (χ3n) is 3.89. The molecule has 1 heterocycles. The lowest BCUT2D eigenvalue weighted by atomic mass is 10.0. The maximum Gasteiger partial charge on any atom is 0.256 e. The molecule has 22 heavy (non-hydrogen) atoms. The van der Waals surface area contributed by atoms with Crippen molar-refractivity contribution in [1.82, 2.24) is 4.98 Å². The van der Waals surface area contributed by atoms with Crippen molar-refractivity contribution in [2.75, 3.05) is 19.0 Å². The van der Waals surface area contributed by atoms with Crippen molar-refractivity contribution < 1.29 is 14.3 Å². The molecule has 0 unspecified atom stereocenters. The summed E-state index contributed by atoms with van der Waals surface area (Å²) in [6, 6.07) is 7.41. The summed E-state index contributed by atoms with van der Waals surface area (Å²) in [5, 5.41) is 3.78. The van der Waals surface area contributed by atoms with Crippen LogP contribution in [0, 0.1) is 0 Å². The summed E-state index contributed by atoms with van der Waals surface area (Å²) in [6.07, 6.45) is 2.30. The highest BCUT2D eigenvalue weighted by molar-refractivity contribution is 6.05. The summed E-state index contributed by atoms with van der Waals surface area (Å²) in [5.41, 5.74) is 0.582. The molecule has 1 amide bonds. The number of nitrogens with zero attached hydrogens (tertiary/aromatic N) is 1. The van der Waals surface area contributed by atoms with Crippen LogP contribution in [0.3, 0.4) is 0 Å². The summed E-state index contributed by atoms with van der Waals surface area (Å²) in [6.45, 7) is 6.18. The van der Waals surface area contributed by atoms with E-state index >= 15 is 0 Å². The monoisotopic (exact) mass is 302 g/mol. The molecule has 2 rings (SSSR count). The Morgan fingerprint density at radius 2 is 2.09 bits per heavy atom. The zero-order valence-corrected chi connectivity index (χ0v) is 13.5. The van der Waals surface area contributed by atoms with Crippen molar-refractivity contribution in [3.63, 3.8) is 0 Å². The molecule has 118 valence electrons. The van der Waals surface area contributed by atoms with Gasteiger partial charge >= 0.3 is 0 Å². The average Bonchev–Trinajstić information content (AvgIpc) is 2.56. The molecule has 0 bridgehead atoms. The molecular formula is C17H22N2O3. The fraction of sp³-hybridized carbons (Fsp3) is 0.412. The summed E-state index contributed by atoms with van der Waals surface area (Å²) >= 11 is 0. The normalized spacial score (nSPS) is 13.6. The van der Waals surface area contributed by atoms with E-state index in [-0.39, 0.29) is 5.91 Å². The Labute approximate surface area is 130 Å². The highest BCUT2D eigenvalue weighted by atomic mass is 16.5. The Morgan fingerprint density at radius 1 is 1.32 bits per heavy atom. The quantitative estimate of drug-likeness (QED) is 0.888. The molecule has 1 atom stereocenters. The summed E-state index contributed by atoms with van der Waals surface area (Å²) < 4.78 is 10.9. The first-order chi connectivity index (χ1) is 10.6. The summed E-state index contributed by atoms with van der Waals surface area (Å²) in [4.78, 5) is 16.8. The largest absolute Gasteiger partial charge is 0.492 e. The van der Waals surface area contributed by atoms with Gasteiger partial charge in [-0.2, -0.15) is 0 Å². The van der Waals surface area contributed by atoms with Crippen LogP contribution >= 0.6 is 0 Å². The minimum absolute atomic E-state index is 0.174. The van der Waals surface area contributed by atoms with Gasteiger partial charge in [0, 0.05) is 18.7 Å².